The van der Waals surface area contributed by atoms with Gasteiger partial charge in [0.25, 0.3) is 0 Å². The summed E-state index contributed by atoms with van der Waals surface area (Å²) in [5.41, 5.74) is 0.174. The SMILES string of the molecule is CCN(CC)CCNCCc1c(F)cccc1F. The Balaban J connectivity index is 2.26. The van der Waals surface area contributed by atoms with E-state index in [1.54, 1.807) is 0 Å². The van der Waals surface area contributed by atoms with Crippen LogP contribution in [0.5, 0.6) is 0 Å². The Labute approximate surface area is 108 Å². The fourth-order valence-corrected chi connectivity index (χ4v) is 1.89. The lowest BCUT2D eigenvalue weighted by atomic mass is 10.1. The lowest BCUT2D eigenvalue weighted by Crippen LogP contribution is -2.32. The fraction of sp³-hybridized carbons (Fsp3) is 0.571. The highest BCUT2D eigenvalue weighted by Crippen LogP contribution is 2.11. The number of halogens is 2. The van der Waals surface area contributed by atoms with Gasteiger partial charge in [-0.25, -0.2) is 8.78 Å². The van der Waals surface area contributed by atoms with Crippen LogP contribution in [-0.4, -0.2) is 37.6 Å². The summed E-state index contributed by atoms with van der Waals surface area (Å²) in [5.74, 6) is -0.916. The molecule has 0 unspecified atom stereocenters. The molecule has 1 rings (SSSR count). The maximum absolute atomic E-state index is 13.3. The van der Waals surface area contributed by atoms with Crippen LogP contribution in [0.25, 0.3) is 0 Å². The average Bonchev–Trinajstić information content (AvgIpc) is 2.37. The van der Waals surface area contributed by atoms with Crippen LogP contribution in [0.1, 0.15) is 19.4 Å². The molecule has 0 spiro atoms. The van der Waals surface area contributed by atoms with Crippen LogP contribution >= 0.6 is 0 Å². The zero-order valence-corrected chi connectivity index (χ0v) is 11.2. The second-order valence-corrected chi connectivity index (χ2v) is 4.23. The molecule has 0 heterocycles. The lowest BCUT2D eigenvalue weighted by Gasteiger charge is -2.18. The van der Waals surface area contributed by atoms with Crippen LogP contribution in [0.4, 0.5) is 8.78 Å². The number of nitrogens with zero attached hydrogens (tertiary/aromatic N) is 1. The van der Waals surface area contributed by atoms with Gasteiger partial charge in [0.2, 0.25) is 0 Å². The molecule has 0 fully saturated rings. The molecule has 1 aromatic rings. The second kappa shape index (κ2) is 8.16. The minimum atomic E-state index is -0.458. The molecule has 0 radical (unpaired) electrons. The fourth-order valence-electron chi connectivity index (χ4n) is 1.89. The molecular formula is C14H22F2N2. The number of nitrogens with one attached hydrogen (secondary N) is 1. The maximum Gasteiger partial charge on any atom is 0.129 e. The molecule has 1 N–H and O–H groups in total. The van der Waals surface area contributed by atoms with Gasteiger partial charge in [0.05, 0.1) is 0 Å². The van der Waals surface area contributed by atoms with Gasteiger partial charge in [-0.2, -0.15) is 0 Å². The van der Waals surface area contributed by atoms with Crippen molar-refractivity contribution in [3.8, 4) is 0 Å². The summed E-state index contributed by atoms with van der Waals surface area (Å²) < 4.78 is 26.6. The average molecular weight is 256 g/mol. The maximum atomic E-state index is 13.3. The molecule has 0 bridgehead atoms. The van der Waals surface area contributed by atoms with Gasteiger partial charge in [0.15, 0.2) is 0 Å². The Morgan fingerprint density at radius 2 is 1.67 bits per heavy atom. The summed E-state index contributed by atoms with van der Waals surface area (Å²) in [4.78, 5) is 2.30. The Bertz CT molecular complexity index is 331. The number of benzene rings is 1. The number of likely N-dealkylation sites (N-methyl/N-ethyl adjacent to an activating group) is 1. The third-order valence-corrected chi connectivity index (χ3v) is 3.11. The molecular weight excluding hydrogens is 234 g/mol. The molecule has 18 heavy (non-hydrogen) atoms. The molecule has 0 atom stereocenters. The molecule has 1 aromatic carbocycles. The number of rotatable bonds is 8. The van der Waals surface area contributed by atoms with Gasteiger partial charge in [0.1, 0.15) is 11.6 Å². The summed E-state index contributed by atoms with van der Waals surface area (Å²) in [5, 5.41) is 3.21. The van der Waals surface area contributed by atoms with Gasteiger partial charge in [-0.1, -0.05) is 19.9 Å². The van der Waals surface area contributed by atoms with Gasteiger partial charge in [0, 0.05) is 18.7 Å². The molecule has 4 heteroatoms. The summed E-state index contributed by atoms with van der Waals surface area (Å²) in [7, 11) is 0. The Morgan fingerprint density at radius 3 is 2.22 bits per heavy atom. The second-order valence-electron chi connectivity index (χ2n) is 4.23. The van der Waals surface area contributed by atoms with Crippen molar-refractivity contribution in [2.45, 2.75) is 20.3 Å². The molecule has 0 saturated carbocycles. The summed E-state index contributed by atoms with van der Waals surface area (Å²) >= 11 is 0. The van der Waals surface area contributed by atoms with Crippen molar-refractivity contribution in [1.82, 2.24) is 10.2 Å². The molecule has 0 aliphatic heterocycles. The van der Waals surface area contributed by atoms with Crippen molar-refractivity contribution in [2.75, 3.05) is 32.7 Å². The molecule has 0 saturated heterocycles. The van der Waals surface area contributed by atoms with Crippen LogP contribution in [0.3, 0.4) is 0 Å². The van der Waals surface area contributed by atoms with E-state index in [4.69, 9.17) is 0 Å². The first-order valence-electron chi connectivity index (χ1n) is 6.55. The quantitative estimate of drug-likeness (QED) is 0.719. The smallest absolute Gasteiger partial charge is 0.129 e. The largest absolute Gasteiger partial charge is 0.315 e. The monoisotopic (exact) mass is 256 g/mol. The third kappa shape index (κ3) is 4.70. The van der Waals surface area contributed by atoms with E-state index in [1.165, 1.54) is 18.2 Å². The zero-order valence-electron chi connectivity index (χ0n) is 11.2. The van der Waals surface area contributed by atoms with Crippen LogP contribution in [0, 0.1) is 11.6 Å². The van der Waals surface area contributed by atoms with Crippen LogP contribution in [0.15, 0.2) is 18.2 Å². The van der Waals surface area contributed by atoms with Gasteiger partial charge in [-0.3, -0.25) is 0 Å². The first-order chi connectivity index (χ1) is 8.69. The molecule has 0 aliphatic carbocycles. The van der Waals surface area contributed by atoms with Crippen molar-refractivity contribution in [2.24, 2.45) is 0 Å². The number of hydrogen-bond acceptors (Lipinski definition) is 2. The molecule has 0 aromatic heterocycles. The minimum absolute atomic E-state index is 0.174. The van der Waals surface area contributed by atoms with Crippen molar-refractivity contribution in [1.29, 1.82) is 0 Å². The van der Waals surface area contributed by atoms with E-state index in [-0.39, 0.29) is 5.56 Å². The highest BCUT2D eigenvalue weighted by Gasteiger charge is 2.07. The zero-order chi connectivity index (χ0) is 13.4. The standard InChI is InChI=1S/C14H22F2N2/c1-3-18(4-2)11-10-17-9-8-12-13(15)6-5-7-14(12)16/h5-7,17H,3-4,8-11H2,1-2H3. The molecule has 102 valence electrons. The number of hydrogen-bond donors (Lipinski definition) is 1. The van der Waals surface area contributed by atoms with Crippen molar-refractivity contribution in [3.63, 3.8) is 0 Å². The van der Waals surface area contributed by atoms with E-state index >= 15 is 0 Å². The van der Waals surface area contributed by atoms with E-state index < -0.39 is 11.6 Å². The normalized spacial score (nSPS) is 11.2. The summed E-state index contributed by atoms with van der Waals surface area (Å²) in [6, 6.07) is 3.99. The van der Waals surface area contributed by atoms with Crippen molar-refractivity contribution in [3.05, 3.63) is 35.4 Å². The molecule has 0 amide bonds. The van der Waals surface area contributed by atoms with Crippen LogP contribution < -0.4 is 5.32 Å². The lowest BCUT2D eigenvalue weighted by molar-refractivity contribution is 0.302. The highest BCUT2D eigenvalue weighted by molar-refractivity contribution is 5.19. The first-order valence-corrected chi connectivity index (χ1v) is 6.55. The predicted molar refractivity (Wildman–Crippen MR) is 70.7 cm³/mol. The van der Waals surface area contributed by atoms with E-state index in [0.29, 0.717) is 13.0 Å². The Hall–Kier alpha value is -1.00. The van der Waals surface area contributed by atoms with Gasteiger partial charge in [-0.15, -0.1) is 0 Å². The van der Waals surface area contributed by atoms with Crippen LogP contribution in [-0.2, 0) is 6.42 Å². The van der Waals surface area contributed by atoms with Gasteiger partial charge < -0.3 is 10.2 Å². The van der Waals surface area contributed by atoms with Crippen molar-refractivity contribution >= 4 is 0 Å². The third-order valence-electron chi connectivity index (χ3n) is 3.11. The molecule has 0 aliphatic rings. The predicted octanol–water partition coefficient (Wildman–Crippen LogP) is 2.44. The summed E-state index contributed by atoms with van der Waals surface area (Å²) in [6.07, 6.45) is 0.386. The van der Waals surface area contributed by atoms with Crippen LogP contribution in [0.2, 0.25) is 0 Å². The molecule has 2 nitrogen and oxygen atoms in total. The van der Waals surface area contributed by atoms with Crippen molar-refractivity contribution < 1.29 is 8.78 Å². The first kappa shape index (κ1) is 15.1. The highest BCUT2D eigenvalue weighted by atomic mass is 19.1. The van der Waals surface area contributed by atoms with E-state index in [9.17, 15) is 8.78 Å². The Morgan fingerprint density at radius 1 is 1.06 bits per heavy atom. The Kier molecular flexibility index (Phi) is 6.83. The van der Waals surface area contributed by atoms with E-state index in [0.717, 1.165) is 26.2 Å². The minimum Gasteiger partial charge on any atom is -0.315 e. The van der Waals surface area contributed by atoms with E-state index in [1.807, 2.05) is 0 Å². The van der Waals surface area contributed by atoms with Gasteiger partial charge in [-0.05, 0) is 38.2 Å². The topological polar surface area (TPSA) is 15.3 Å². The summed E-state index contributed by atoms with van der Waals surface area (Å²) in [6.45, 7) is 8.71. The van der Waals surface area contributed by atoms with Gasteiger partial charge >= 0.3 is 0 Å². The van der Waals surface area contributed by atoms with E-state index in [2.05, 4.69) is 24.1 Å².